The van der Waals surface area contributed by atoms with Crippen molar-refractivity contribution in [2.45, 2.75) is 129 Å². The van der Waals surface area contributed by atoms with Gasteiger partial charge in [0.25, 0.3) is 5.91 Å². The average Bonchev–Trinajstić information content (AvgIpc) is 3.88. The van der Waals surface area contributed by atoms with E-state index in [4.69, 9.17) is 4.74 Å². The van der Waals surface area contributed by atoms with Gasteiger partial charge >= 0.3 is 0 Å². The summed E-state index contributed by atoms with van der Waals surface area (Å²) in [5.41, 5.74) is -0.733. The van der Waals surface area contributed by atoms with Crippen LogP contribution in [-0.2, 0) is 24.0 Å². The molecule has 2 aliphatic carbocycles. The van der Waals surface area contributed by atoms with E-state index in [1.807, 2.05) is 27.7 Å². The van der Waals surface area contributed by atoms with Crippen LogP contribution in [0.25, 0.3) is 0 Å². The molecule has 2 amide bonds. The molecule has 2 saturated carbocycles. The van der Waals surface area contributed by atoms with Gasteiger partial charge in [0, 0.05) is 49.9 Å². The molecular weight excluding hydrogens is 710 g/mol. The quantitative estimate of drug-likeness (QED) is 0.170. The van der Waals surface area contributed by atoms with Crippen LogP contribution in [0.4, 0.5) is 8.78 Å². The Balaban J connectivity index is 1.41. The Labute approximate surface area is 321 Å². The van der Waals surface area contributed by atoms with Crippen LogP contribution in [0.5, 0.6) is 5.75 Å². The SMILES string of the molecule is CCC[C@H](CC(=O)C1C[C@@H](Oc2cccc(F)c2F)CN1C(=O)[C@@H](CC(=O)[C@@H](NC(=O)c1cnccn1)C1CCCCC1)C(C)(C)C)C(=O)C(=O)CC1CC1. The zero-order chi connectivity index (χ0) is 39.9. The van der Waals surface area contributed by atoms with Gasteiger partial charge in [0.1, 0.15) is 11.8 Å². The molecule has 11 nitrogen and oxygen atoms in total. The molecule has 5 atom stereocenters. The van der Waals surface area contributed by atoms with E-state index in [1.54, 1.807) is 0 Å². The summed E-state index contributed by atoms with van der Waals surface area (Å²) in [5, 5.41) is 2.89. The highest BCUT2D eigenvalue weighted by atomic mass is 19.2. The minimum absolute atomic E-state index is 0.0622. The summed E-state index contributed by atoms with van der Waals surface area (Å²) < 4.78 is 34.8. The summed E-state index contributed by atoms with van der Waals surface area (Å²) in [7, 11) is 0. The molecule has 3 fully saturated rings. The van der Waals surface area contributed by atoms with Gasteiger partial charge in [0.15, 0.2) is 28.9 Å². The molecule has 2 aromatic rings. The number of ketones is 4. The van der Waals surface area contributed by atoms with Gasteiger partial charge in [-0.05, 0) is 61.5 Å². The third-order valence-electron chi connectivity index (χ3n) is 11.3. The van der Waals surface area contributed by atoms with Crippen LogP contribution in [0.1, 0.15) is 122 Å². The second-order valence-electron chi connectivity index (χ2n) is 16.7. The standard InChI is InChI=1S/C42H54F2N4O7/c1-5-10-27(39(52)35(51)19-25-15-16-25)20-33(49)32-21-28(55-36-14-9-13-30(43)37(36)44)24-48(32)41(54)29(42(2,3)4)22-34(50)38(26-11-7-6-8-12-26)47-40(53)31-23-45-17-18-46-31/h9,13-14,17-18,23,25-29,32,38H,5-8,10-12,15-16,19-22,24H2,1-4H3,(H,47,53)/t27-,28-,29-,32?,38+/m1/s1. The van der Waals surface area contributed by atoms with E-state index in [-0.39, 0.29) is 61.3 Å². The van der Waals surface area contributed by atoms with Crippen LogP contribution in [-0.4, -0.2) is 74.5 Å². The fourth-order valence-electron chi connectivity index (χ4n) is 8.00. The number of Topliss-reactive ketones (excluding diaryl/α,β-unsaturated/α-hetero) is 4. The number of benzene rings is 1. The van der Waals surface area contributed by atoms with Crippen molar-refractivity contribution >= 4 is 34.9 Å². The lowest BCUT2D eigenvalue weighted by Gasteiger charge is -2.36. The smallest absolute Gasteiger partial charge is 0.272 e. The number of amides is 2. The molecule has 0 bridgehead atoms. The minimum atomic E-state index is -1.20. The predicted molar refractivity (Wildman–Crippen MR) is 199 cm³/mol. The molecule has 5 rings (SSSR count). The van der Waals surface area contributed by atoms with Gasteiger partial charge in [-0.1, -0.05) is 59.4 Å². The number of aromatic nitrogens is 2. The molecule has 13 heteroatoms. The Hall–Kier alpha value is -4.42. The molecule has 1 aliphatic heterocycles. The Bertz CT molecular complexity index is 1720. The lowest BCUT2D eigenvalue weighted by Crippen LogP contribution is -2.51. The number of rotatable bonds is 18. The number of carbonyl (C=O) groups is 6. The van der Waals surface area contributed by atoms with Crippen molar-refractivity contribution in [3.63, 3.8) is 0 Å². The molecule has 298 valence electrons. The fraction of sp³-hybridized carbons (Fsp3) is 0.619. The Kier molecular flexibility index (Phi) is 14.0. The summed E-state index contributed by atoms with van der Waals surface area (Å²) in [6.07, 6.45) is 9.78. The Morgan fingerprint density at radius 1 is 0.982 bits per heavy atom. The van der Waals surface area contributed by atoms with Crippen molar-refractivity contribution in [1.29, 1.82) is 0 Å². The molecule has 0 radical (unpaired) electrons. The first-order chi connectivity index (χ1) is 26.2. The summed E-state index contributed by atoms with van der Waals surface area (Å²) in [6, 6.07) is 1.52. The highest BCUT2D eigenvalue weighted by Gasteiger charge is 2.47. The van der Waals surface area contributed by atoms with Gasteiger partial charge in [-0.3, -0.25) is 33.8 Å². The highest BCUT2D eigenvalue weighted by Crippen LogP contribution is 2.38. The number of likely N-dealkylation sites (tertiary alicyclic amines) is 1. The molecule has 1 unspecified atom stereocenters. The number of carbonyl (C=O) groups excluding carboxylic acids is 6. The van der Waals surface area contributed by atoms with Crippen molar-refractivity contribution < 1.29 is 42.3 Å². The first kappa shape index (κ1) is 41.7. The Morgan fingerprint density at radius 2 is 1.71 bits per heavy atom. The molecule has 1 aromatic heterocycles. The van der Waals surface area contributed by atoms with Crippen molar-refractivity contribution in [3.05, 3.63) is 54.1 Å². The largest absolute Gasteiger partial charge is 0.485 e. The van der Waals surface area contributed by atoms with Crippen molar-refractivity contribution in [2.24, 2.45) is 29.1 Å². The van der Waals surface area contributed by atoms with Crippen LogP contribution in [0.2, 0.25) is 0 Å². The molecule has 2 heterocycles. The summed E-state index contributed by atoms with van der Waals surface area (Å²) in [5.74, 6) is -7.31. The molecule has 3 aliphatic rings. The van der Waals surface area contributed by atoms with Crippen LogP contribution < -0.4 is 10.1 Å². The lowest BCUT2D eigenvalue weighted by molar-refractivity contribution is -0.147. The van der Waals surface area contributed by atoms with Crippen LogP contribution >= 0.6 is 0 Å². The number of halogens is 2. The Morgan fingerprint density at radius 3 is 2.35 bits per heavy atom. The number of ether oxygens (including phenoxy) is 1. The monoisotopic (exact) mass is 764 g/mol. The van der Waals surface area contributed by atoms with Gasteiger partial charge in [-0.2, -0.15) is 4.39 Å². The number of nitrogens with zero attached hydrogens (tertiary/aromatic N) is 3. The van der Waals surface area contributed by atoms with E-state index in [0.717, 1.165) is 51.0 Å². The maximum Gasteiger partial charge on any atom is 0.272 e. The third-order valence-corrected chi connectivity index (χ3v) is 11.3. The van der Waals surface area contributed by atoms with Crippen molar-refractivity contribution in [1.82, 2.24) is 20.2 Å². The van der Waals surface area contributed by atoms with E-state index in [9.17, 15) is 37.5 Å². The molecular formula is C42H54F2N4O7. The molecule has 1 N–H and O–H groups in total. The van der Waals surface area contributed by atoms with Gasteiger partial charge in [0.2, 0.25) is 17.5 Å². The van der Waals surface area contributed by atoms with E-state index in [2.05, 4.69) is 15.3 Å². The second-order valence-corrected chi connectivity index (χ2v) is 16.7. The maximum absolute atomic E-state index is 14.8. The summed E-state index contributed by atoms with van der Waals surface area (Å²) >= 11 is 0. The van der Waals surface area contributed by atoms with E-state index >= 15 is 0 Å². The first-order valence-electron chi connectivity index (χ1n) is 19.8. The lowest BCUT2D eigenvalue weighted by atomic mass is 9.74. The number of nitrogens with one attached hydrogen (secondary N) is 1. The van der Waals surface area contributed by atoms with E-state index in [1.165, 1.54) is 35.6 Å². The summed E-state index contributed by atoms with van der Waals surface area (Å²) in [4.78, 5) is 92.2. The molecule has 1 saturated heterocycles. The summed E-state index contributed by atoms with van der Waals surface area (Å²) in [6.45, 7) is 7.16. The number of hydrogen-bond acceptors (Lipinski definition) is 9. The zero-order valence-corrected chi connectivity index (χ0v) is 32.4. The van der Waals surface area contributed by atoms with Crippen molar-refractivity contribution in [2.75, 3.05) is 6.54 Å². The fourth-order valence-corrected chi connectivity index (χ4v) is 8.00. The maximum atomic E-state index is 14.8. The van der Waals surface area contributed by atoms with Gasteiger partial charge in [0.05, 0.1) is 24.8 Å². The van der Waals surface area contributed by atoms with Gasteiger partial charge in [-0.15, -0.1) is 0 Å². The van der Waals surface area contributed by atoms with Crippen molar-refractivity contribution in [3.8, 4) is 5.75 Å². The van der Waals surface area contributed by atoms with Gasteiger partial charge in [-0.25, -0.2) is 9.37 Å². The van der Waals surface area contributed by atoms with E-state index in [0.29, 0.717) is 12.8 Å². The molecule has 0 spiro atoms. The third kappa shape index (κ3) is 10.9. The highest BCUT2D eigenvalue weighted by molar-refractivity contribution is 6.38. The van der Waals surface area contributed by atoms with E-state index < -0.39 is 76.2 Å². The van der Waals surface area contributed by atoms with Gasteiger partial charge < -0.3 is 15.0 Å². The minimum Gasteiger partial charge on any atom is -0.485 e. The average molecular weight is 765 g/mol. The van der Waals surface area contributed by atoms with Crippen LogP contribution in [0.15, 0.2) is 36.8 Å². The van der Waals surface area contributed by atoms with Crippen LogP contribution in [0, 0.1) is 40.7 Å². The second kappa shape index (κ2) is 18.5. The number of hydrogen-bond donors (Lipinski definition) is 1. The zero-order valence-electron chi connectivity index (χ0n) is 32.4. The topological polar surface area (TPSA) is 153 Å². The predicted octanol–water partition coefficient (Wildman–Crippen LogP) is 6.42. The molecule has 55 heavy (non-hydrogen) atoms. The van der Waals surface area contributed by atoms with Crippen LogP contribution in [0.3, 0.4) is 0 Å². The first-order valence-corrected chi connectivity index (χ1v) is 19.8. The normalized spacial score (nSPS) is 20.7. The molecule has 1 aromatic carbocycles.